The minimum atomic E-state index is -1.02. The van der Waals surface area contributed by atoms with Crippen molar-refractivity contribution in [3.63, 3.8) is 0 Å². The van der Waals surface area contributed by atoms with Crippen LogP contribution in [0.3, 0.4) is 0 Å². The lowest BCUT2D eigenvalue weighted by atomic mass is 10.2. The van der Waals surface area contributed by atoms with E-state index in [2.05, 4.69) is 0 Å². The molecule has 1 saturated heterocycles. The molecule has 0 bridgehead atoms. The van der Waals surface area contributed by atoms with E-state index < -0.39 is 5.97 Å². The largest absolute Gasteiger partial charge is 0.500 e. The molecule has 20 heavy (non-hydrogen) atoms. The lowest BCUT2D eigenvalue weighted by Gasteiger charge is -2.14. The van der Waals surface area contributed by atoms with Gasteiger partial charge in [-0.15, -0.1) is 0 Å². The Morgan fingerprint density at radius 3 is 2.65 bits per heavy atom. The molecule has 0 aliphatic carbocycles. The van der Waals surface area contributed by atoms with Crippen molar-refractivity contribution in [1.29, 1.82) is 0 Å². The number of rotatable bonds is 4. The van der Waals surface area contributed by atoms with Crippen LogP contribution < -0.4 is 4.90 Å². The maximum absolute atomic E-state index is 12.2. The summed E-state index contributed by atoms with van der Waals surface area (Å²) < 4.78 is 5.50. The van der Waals surface area contributed by atoms with Gasteiger partial charge in [-0.05, 0) is 31.2 Å². The molecular weight excluding hydrogens is 298 g/mol. The molecule has 0 aromatic heterocycles. The van der Waals surface area contributed by atoms with Gasteiger partial charge in [0.05, 0.1) is 17.9 Å². The maximum Gasteiger partial charge on any atom is 0.335 e. The van der Waals surface area contributed by atoms with E-state index in [0.717, 1.165) is 11.8 Å². The number of anilines is 1. The third-order valence-electron chi connectivity index (χ3n) is 2.52. The summed E-state index contributed by atoms with van der Waals surface area (Å²) in [6, 6.07) is 5.97. The van der Waals surface area contributed by atoms with Gasteiger partial charge in [-0.25, -0.2) is 4.79 Å². The molecule has 5 nitrogen and oxygen atoms in total. The fraction of sp³-hybridized carbons (Fsp3) is 0.154. The highest BCUT2D eigenvalue weighted by molar-refractivity contribution is 8.27. The summed E-state index contributed by atoms with van der Waals surface area (Å²) in [7, 11) is 0. The average molecular weight is 309 g/mol. The van der Waals surface area contributed by atoms with E-state index in [-0.39, 0.29) is 11.5 Å². The van der Waals surface area contributed by atoms with Crippen LogP contribution >= 0.6 is 24.0 Å². The SMILES string of the molecule is CCO/C=C1\SC(=S)N(c2ccc(C(=O)O)cc2)C1=O. The van der Waals surface area contributed by atoms with Crippen LogP contribution in [-0.4, -0.2) is 27.9 Å². The van der Waals surface area contributed by atoms with Gasteiger partial charge < -0.3 is 9.84 Å². The molecule has 1 aromatic carbocycles. The van der Waals surface area contributed by atoms with Crippen LogP contribution in [0.2, 0.25) is 0 Å². The Kier molecular flexibility index (Phi) is 4.41. The molecular formula is C13H11NO4S2. The molecule has 1 N–H and O–H groups in total. The van der Waals surface area contributed by atoms with E-state index in [0.29, 0.717) is 21.5 Å². The van der Waals surface area contributed by atoms with Crippen LogP contribution in [0.25, 0.3) is 0 Å². The third kappa shape index (κ3) is 2.83. The molecule has 7 heteroatoms. The fourth-order valence-electron chi connectivity index (χ4n) is 1.59. The summed E-state index contributed by atoms with van der Waals surface area (Å²) in [6.07, 6.45) is 1.39. The third-order valence-corrected chi connectivity index (χ3v) is 3.80. The second-order valence-corrected chi connectivity index (χ2v) is 5.47. The Labute approximate surface area is 125 Å². The molecule has 1 fully saturated rings. The van der Waals surface area contributed by atoms with Crippen LogP contribution in [0.1, 0.15) is 17.3 Å². The molecule has 1 heterocycles. The van der Waals surface area contributed by atoms with E-state index >= 15 is 0 Å². The number of carboxylic acids is 1. The van der Waals surface area contributed by atoms with Gasteiger partial charge in [-0.3, -0.25) is 9.69 Å². The first kappa shape index (κ1) is 14.5. The van der Waals surface area contributed by atoms with Gasteiger partial charge in [0, 0.05) is 0 Å². The summed E-state index contributed by atoms with van der Waals surface area (Å²) in [5, 5.41) is 8.85. The van der Waals surface area contributed by atoms with Crippen molar-refractivity contribution < 1.29 is 19.4 Å². The van der Waals surface area contributed by atoms with E-state index in [1.165, 1.54) is 23.3 Å². The average Bonchev–Trinajstić information content (AvgIpc) is 2.71. The first-order valence-electron chi connectivity index (χ1n) is 5.76. The second-order valence-electron chi connectivity index (χ2n) is 3.80. The zero-order valence-electron chi connectivity index (χ0n) is 10.5. The molecule has 2 rings (SSSR count). The van der Waals surface area contributed by atoms with Crippen LogP contribution in [0.4, 0.5) is 5.69 Å². The van der Waals surface area contributed by atoms with Gasteiger partial charge >= 0.3 is 5.97 Å². The number of aromatic carboxylic acids is 1. The lowest BCUT2D eigenvalue weighted by molar-refractivity contribution is -0.113. The lowest BCUT2D eigenvalue weighted by Crippen LogP contribution is -2.27. The first-order chi connectivity index (χ1) is 9.54. The van der Waals surface area contributed by atoms with Crippen LogP contribution in [0, 0.1) is 0 Å². The Balaban J connectivity index is 2.26. The topological polar surface area (TPSA) is 66.8 Å². The quantitative estimate of drug-likeness (QED) is 0.524. The smallest absolute Gasteiger partial charge is 0.335 e. The molecule has 1 aliphatic rings. The molecule has 1 amide bonds. The number of carboxylic acid groups (broad SMARTS) is 1. The fourth-order valence-corrected chi connectivity index (χ4v) is 2.81. The van der Waals surface area contributed by atoms with Crippen molar-refractivity contribution in [3.8, 4) is 0 Å². The molecule has 0 atom stereocenters. The monoisotopic (exact) mass is 309 g/mol. The summed E-state index contributed by atoms with van der Waals surface area (Å²) in [5.74, 6) is -1.28. The predicted molar refractivity (Wildman–Crippen MR) is 80.8 cm³/mol. The number of amides is 1. The summed E-state index contributed by atoms with van der Waals surface area (Å²) in [6.45, 7) is 2.29. The highest BCUT2D eigenvalue weighted by Crippen LogP contribution is 2.34. The van der Waals surface area contributed by atoms with Crippen molar-refractivity contribution in [3.05, 3.63) is 41.0 Å². The minimum Gasteiger partial charge on any atom is -0.500 e. The Hall–Kier alpha value is -1.86. The Morgan fingerprint density at radius 1 is 1.45 bits per heavy atom. The van der Waals surface area contributed by atoms with E-state index in [9.17, 15) is 9.59 Å². The first-order valence-corrected chi connectivity index (χ1v) is 6.98. The van der Waals surface area contributed by atoms with Crippen molar-refractivity contribution in [1.82, 2.24) is 0 Å². The van der Waals surface area contributed by atoms with Crippen molar-refractivity contribution in [2.75, 3.05) is 11.5 Å². The van der Waals surface area contributed by atoms with Gasteiger partial charge in [0.1, 0.15) is 11.2 Å². The molecule has 0 saturated carbocycles. The maximum atomic E-state index is 12.2. The number of hydrogen-bond acceptors (Lipinski definition) is 5. The highest BCUT2D eigenvalue weighted by atomic mass is 32.2. The minimum absolute atomic E-state index is 0.157. The molecule has 1 aliphatic heterocycles. The Bertz CT molecular complexity index is 595. The van der Waals surface area contributed by atoms with Gasteiger partial charge in [0.2, 0.25) is 0 Å². The van der Waals surface area contributed by atoms with Gasteiger partial charge in [0.15, 0.2) is 4.32 Å². The normalized spacial score (nSPS) is 16.9. The van der Waals surface area contributed by atoms with Crippen LogP contribution in [0.15, 0.2) is 35.4 Å². The second kappa shape index (κ2) is 6.06. The number of carbonyl (C=O) groups is 2. The van der Waals surface area contributed by atoms with Gasteiger partial charge in [0.25, 0.3) is 5.91 Å². The van der Waals surface area contributed by atoms with Crippen LogP contribution in [-0.2, 0) is 9.53 Å². The van der Waals surface area contributed by atoms with Gasteiger partial charge in [-0.2, -0.15) is 0 Å². The zero-order valence-corrected chi connectivity index (χ0v) is 12.2. The van der Waals surface area contributed by atoms with Crippen molar-refractivity contribution in [2.45, 2.75) is 6.92 Å². The number of benzene rings is 1. The molecule has 0 radical (unpaired) electrons. The number of ether oxygens (including phenoxy) is 1. The molecule has 0 spiro atoms. The van der Waals surface area contributed by atoms with Crippen LogP contribution in [0.5, 0.6) is 0 Å². The standard InChI is InChI=1S/C13H11NO4S2/c1-2-18-7-10-11(15)14(13(19)20-10)9-5-3-8(4-6-9)12(16)17/h3-7H,2H2,1H3,(H,16,17)/b10-7-. The van der Waals surface area contributed by atoms with E-state index in [4.69, 9.17) is 22.1 Å². The summed E-state index contributed by atoms with van der Waals surface area (Å²) in [4.78, 5) is 24.8. The molecule has 104 valence electrons. The number of carbonyl (C=O) groups excluding carboxylic acids is 1. The predicted octanol–water partition coefficient (Wildman–Crippen LogP) is 2.63. The zero-order chi connectivity index (χ0) is 14.7. The summed E-state index contributed by atoms with van der Waals surface area (Å²) in [5.41, 5.74) is 0.696. The number of nitrogens with zero attached hydrogens (tertiary/aromatic N) is 1. The molecule has 1 aromatic rings. The number of thioether (sulfide) groups is 1. The number of thiocarbonyl (C=S) groups is 1. The Morgan fingerprint density at radius 2 is 2.10 bits per heavy atom. The van der Waals surface area contributed by atoms with Crippen molar-refractivity contribution >= 4 is 45.9 Å². The van der Waals surface area contributed by atoms with E-state index in [1.54, 1.807) is 12.1 Å². The van der Waals surface area contributed by atoms with Gasteiger partial charge in [-0.1, -0.05) is 24.0 Å². The summed E-state index contributed by atoms with van der Waals surface area (Å²) >= 11 is 6.32. The highest BCUT2D eigenvalue weighted by Gasteiger charge is 2.33. The van der Waals surface area contributed by atoms with Crippen molar-refractivity contribution in [2.24, 2.45) is 0 Å². The van der Waals surface area contributed by atoms with E-state index in [1.807, 2.05) is 6.92 Å². The molecule has 0 unspecified atom stereocenters. The number of hydrogen-bond donors (Lipinski definition) is 1.